The number of para-hydroxylation sites is 1. The quantitative estimate of drug-likeness (QED) is 0.623. The van der Waals surface area contributed by atoms with Crippen molar-refractivity contribution in [2.45, 2.75) is 6.61 Å². The normalized spacial score (nSPS) is 9.81. The first-order valence-corrected chi connectivity index (χ1v) is 6.34. The van der Waals surface area contributed by atoms with E-state index in [-0.39, 0.29) is 12.4 Å². The molecule has 0 aromatic heterocycles. The Balaban J connectivity index is 2.00. The molecule has 0 amide bonds. The zero-order chi connectivity index (χ0) is 15.1. The van der Waals surface area contributed by atoms with E-state index in [0.29, 0.717) is 11.5 Å². The Labute approximate surface area is 123 Å². The predicted molar refractivity (Wildman–Crippen MR) is 76.8 cm³/mol. The van der Waals surface area contributed by atoms with Gasteiger partial charge in [0, 0.05) is 0 Å². The van der Waals surface area contributed by atoms with Gasteiger partial charge in [0.25, 0.3) is 0 Å². The molecule has 0 spiro atoms. The summed E-state index contributed by atoms with van der Waals surface area (Å²) in [6, 6.07) is 14.4. The number of hydrogen-bond donors (Lipinski definition) is 0. The summed E-state index contributed by atoms with van der Waals surface area (Å²) in [6.45, 7) is 0.145. The van der Waals surface area contributed by atoms with Gasteiger partial charge in [-0.05, 0) is 17.7 Å². The second-order valence-corrected chi connectivity index (χ2v) is 4.12. The first kappa shape index (κ1) is 14.7. The molecule has 0 atom stereocenters. The van der Waals surface area contributed by atoms with E-state index in [9.17, 15) is 4.79 Å². The summed E-state index contributed by atoms with van der Waals surface area (Å²) in [5, 5.41) is 0. The molecule has 0 aliphatic heterocycles. The molecular weight excluding hydrogens is 272 g/mol. The molecular formula is C16H16O5. The molecule has 21 heavy (non-hydrogen) atoms. The molecule has 5 nitrogen and oxygen atoms in total. The van der Waals surface area contributed by atoms with Crippen molar-refractivity contribution in [3.63, 3.8) is 0 Å². The fourth-order valence-electron chi connectivity index (χ4n) is 1.77. The highest BCUT2D eigenvalue weighted by molar-refractivity contribution is 5.66. The molecule has 0 saturated carbocycles. The van der Waals surface area contributed by atoms with Crippen molar-refractivity contribution in [2.75, 3.05) is 14.2 Å². The predicted octanol–water partition coefficient (Wildman–Crippen LogP) is 3.42. The molecule has 2 aromatic rings. The fourth-order valence-corrected chi connectivity index (χ4v) is 1.77. The number of hydrogen-bond acceptors (Lipinski definition) is 5. The van der Waals surface area contributed by atoms with Gasteiger partial charge in [-0.3, -0.25) is 0 Å². The fraction of sp³-hybridized carbons (Fsp3) is 0.188. The van der Waals surface area contributed by atoms with Crippen molar-refractivity contribution in [2.24, 2.45) is 0 Å². The summed E-state index contributed by atoms with van der Waals surface area (Å²) in [5.41, 5.74) is 0.882. The molecule has 0 heterocycles. The lowest BCUT2D eigenvalue weighted by Gasteiger charge is -2.12. The second-order valence-electron chi connectivity index (χ2n) is 4.12. The number of benzene rings is 2. The van der Waals surface area contributed by atoms with Gasteiger partial charge in [-0.2, -0.15) is 0 Å². The Morgan fingerprint density at radius 1 is 0.905 bits per heavy atom. The molecule has 0 radical (unpaired) electrons. The van der Waals surface area contributed by atoms with Gasteiger partial charge in [-0.15, -0.1) is 0 Å². The van der Waals surface area contributed by atoms with Crippen LogP contribution >= 0.6 is 0 Å². The van der Waals surface area contributed by atoms with Crippen LogP contribution in [0.25, 0.3) is 0 Å². The minimum Gasteiger partial charge on any atom is -0.493 e. The van der Waals surface area contributed by atoms with Gasteiger partial charge in [0.2, 0.25) is 5.75 Å². The summed E-state index contributed by atoms with van der Waals surface area (Å²) >= 11 is 0. The molecule has 0 unspecified atom stereocenters. The first-order valence-electron chi connectivity index (χ1n) is 6.34. The van der Waals surface area contributed by atoms with Crippen LogP contribution in [0.5, 0.6) is 17.2 Å². The maximum atomic E-state index is 11.7. The number of carbonyl (C=O) groups is 1. The van der Waals surface area contributed by atoms with Gasteiger partial charge in [0.15, 0.2) is 11.5 Å². The summed E-state index contributed by atoms with van der Waals surface area (Å²) in [4.78, 5) is 11.7. The Morgan fingerprint density at radius 2 is 1.62 bits per heavy atom. The van der Waals surface area contributed by atoms with Crippen LogP contribution in [-0.2, 0) is 11.3 Å². The van der Waals surface area contributed by atoms with E-state index in [1.54, 1.807) is 18.2 Å². The maximum Gasteiger partial charge on any atom is 0.514 e. The standard InChI is InChI=1S/C16H16O5/c1-18-13-9-6-10-14(15(13)19-2)21-16(17)20-11-12-7-4-3-5-8-12/h3-10H,11H2,1-2H3. The summed E-state index contributed by atoms with van der Waals surface area (Å²) in [6.07, 6.45) is -0.801. The third-order valence-corrected chi connectivity index (χ3v) is 2.76. The molecule has 110 valence electrons. The van der Waals surface area contributed by atoms with Gasteiger partial charge in [-0.1, -0.05) is 36.4 Å². The Bertz CT molecular complexity index is 595. The molecule has 0 saturated heterocycles. The van der Waals surface area contributed by atoms with E-state index < -0.39 is 6.16 Å². The maximum absolute atomic E-state index is 11.7. The minimum absolute atomic E-state index is 0.145. The second kappa shape index (κ2) is 7.19. The van der Waals surface area contributed by atoms with Crippen LogP contribution in [0.1, 0.15) is 5.56 Å². The van der Waals surface area contributed by atoms with Crippen molar-refractivity contribution >= 4 is 6.16 Å². The van der Waals surface area contributed by atoms with Crippen LogP contribution in [0.4, 0.5) is 4.79 Å². The average Bonchev–Trinajstić information content (AvgIpc) is 2.53. The van der Waals surface area contributed by atoms with Gasteiger partial charge < -0.3 is 18.9 Å². The Morgan fingerprint density at radius 3 is 2.29 bits per heavy atom. The highest BCUT2D eigenvalue weighted by Crippen LogP contribution is 2.36. The van der Waals surface area contributed by atoms with Crippen LogP contribution in [0.3, 0.4) is 0 Å². The summed E-state index contributed by atoms with van der Waals surface area (Å²) in [7, 11) is 2.98. The van der Waals surface area contributed by atoms with Crippen LogP contribution < -0.4 is 14.2 Å². The lowest BCUT2D eigenvalue weighted by atomic mass is 10.2. The molecule has 0 N–H and O–H groups in total. The van der Waals surface area contributed by atoms with Crippen molar-refractivity contribution in [3.8, 4) is 17.2 Å². The summed E-state index contributed by atoms with van der Waals surface area (Å²) < 4.78 is 20.5. The Kier molecular flexibility index (Phi) is 5.04. The monoisotopic (exact) mass is 288 g/mol. The zero-order valence-corrected chi connectivity index (χ0v) is 11.9. The molecule has 0 aliphatic rings. The van der Waals surface area contributed by atoms with E-state index in [2.05, 4.69) is 0 Å². The highest BCUT2D eigenvalue weighted by atomic mass is 16.7. The van der Waals surface area contributed by atoms with Crippen molar-refractivity contribution in [1.82, 2.24) is 0 Å². The van der Waals surface area contributed by atoms with Crippen molar-refractivity contribution < 1.29 is 23.7 Å². The van der Waals surface area contributed by atoms with Crippen LogP contribution in [-0.4, -0.2) is 20.4 Å². The van der Waals surface area contributed by atoms with E-state index in [1.165, 1.54) is 14.2 Å². The molecule has 0 bridgehead atoms. The first-order chi connectivity index (χ1) is 10.2. The SMILES string of the molecule is COc1cccc(OC(=O)OCc2ccccc2)c1OC. The largest absolute Gasteiger partial charge is 0.514 e. The summed E-state index contributed by atoms with van der Waals surface area (Å²) in [5.74, 6) is 1.07. The van der Waals surface area contributed by atoms with Crippen LogP contribution in [0, 0.1) is 0 Å². The molecule has 2 rings (SSSR count). The van der Waals surface area contributed by atoms with Gasteiger partial charge in [0.05, 0.1) is 14.2 Å². The zero-order valence-electron chi connectivity index (χ0n) is 11.9. The number of carbonyl (C=O) groups excluding carboxylic acids is 1. The number of rotatable bonds is 5. The van der Waals surface area contributed by atoms with Gasteiger partial charge in [-0.25, -0.2) is 4.79 Å². The van der Waals surface area contributed by atoms with Gasteiger partial charge >= 0.3 is 6.16 Å². The third-order valence-electron chi connectivity index (χ3n) is 2.76. The molecule has 5 heteroatoms. The average molecular weight is 288 g/mol. The molecule has 0 fully saturated rings. The van der Waals surface area contributed by atoms with E-state index in [4.69, 9.17) is 18.9 Å². The minimum atomic E-state index is -0.801. The molecule has 0 aliphatic carbocycles. The number of methoxy groups -OCH3 is 2. The van der Waals surface area contributed by atoms with Gasteiger partial charge in [0.1, 0.15) is 6.61 Å². The molecule has 2 aromatic carbocycles. The van der Waals surface area contributed by atoms with E-state index in [0.717, 1.165) is 5.56 Å². The van der Waals surface area contributed by atoms with Crippen molar-refractivity contribution in [3.05, 3.63) is 54.1 Å². The smallest absolute Gasteiger partial charge is 0.493 e. The third kappa shape index (κ3) is 3.89. The lowest BCUT2D eigenvalue weighted by molar-refractivity contribution is 0.0915. The van der Waals surface area contributed by atoms with Crippen LogP contribution in [0.2, 0.25) is 0 Å². The van der Waals surface area contributed by atoms with Crippen LogP contribution in [0.15, 0.2) is 48.5 Å². The Hall–Kier alpha value is -2.69. The van der Waals surface area contributed by atoms with E-state index >= 15 is 0 Å². The lowest BCUT2D eigenvalue weighted by Crippen LogP contribution is -2.11. The van der Waals surface area contributed by atoms with E-state index in [1.807, 2.05) is 30.3 Å². The van der Waals surface area contributed by atoms with Crippen molar-refractivity contribution in [1.29, 1.82) is 0 Å². The highest BCUT2D eigenvalue weighted by Gasteiger charge is 2.15. The topological polar surface area (TPSA) is 54.0 Å². The number of ether oxygens (including phenoxy) is 4.